The summed E-state index contributed by atoms with van der Waals surface area (Å²) in [7, 11) is 2.85. The molecule has 0 fully saturated rings. The van der Waals surface area contributed by atoms with E-state index in [0.717, 1.165) is 6.07 Å². The zero-order chi connectivity index (χ0) is 20.5. The molecule has 2 aromatic carbocycles. The molecule has 6 nitrogen and oxygen atoms in total. The van der Waals surface area contributed by atoms with Crippen LogP contribution in [0.4, 0.5) is 4.39 Å². The third-order valence-electron chi connectivity index (χ3n) is 3.72. The molecule has 0 N–H and O–H groups in total. The van der Waals surface area contributed by atoms with Gasteiger partial charge in [-0.3, -0.25) is 4.79 Å². The van der Waals surface area contributed by atoms with E-state index in [2.05, 4.69) is 0 Å². The number of esters is 1. The van der Waals surface area contributed by atoms with Crippen LogP contribution in [0, 0.1) is 5.82 Å². The molecular formula is C21H21FO6. The van der Waals surface area contributed by atoms with E-state index in [1.165, 1.54) is 38.5 Å². The van der Waals surface area contributed by atoms with Gasteiger partial charge in [0.05, 0.1) is 20.8 Å². The van der Waals surface area contributed by atoms with Crippen molar-refractivity contribution in [1.29, 1.82) is 0 Å². The summed E-state index contributed by atoms with van der Waals surface area (Å²) >= 11 is 0. The lowest BCUT2D eigenvalue weighted by Crippen LogP contribution is -2.12. The number of Topliss-reactive ketones (excluding diaryl/α,β-unsaturated/α-hetero) is 1. The minimum Gasteiger partial charge on any atom is -0.494 e. The maximum Gasteiger partial charge on any atom is 0.331 e. The minimum absolute atomic E-state index is 0.0299. The van der Waals surface area contributed by atoms with Crippen molar-refractivity contribution in [1.82, 2.24) is 0 Å². The van der Waals surface area contributed by atoms with E-state index in [9.17, 15) is 14.0 Å². The van der Waals surface area contributed by atoms with Gasteiger partial charge in [0.25, 0.3) is 0 Å². The average molecular weight is 388 g/mol. The minimum atomic E-state index is -0.699. The number of ether oxygens (including phenoxy) is 4. The molecule has 0 aliphatic rings. The summed E-state index contributed by atoms with van der Waals surface area (Å²) in [5.41, 5.74) is 0.784. The number of carbonyl (C=O) groups excluding carboxylic acids is 2. The second-order valence-corrected chi connectivity index (χ2v) is 5.56. The highest BCUT2D eigenvalue weighted by Crippen LogP contribution is 2.28. The first kappa shape index (κ1) is 21.0. The molecule has 0 saturated heterocycles. The van der Waals surface area contributed by atoms with Crippen molar-refractivity contribution in [2.24, 2.45) is 0 Å². The number of ketones is 1. The SMILES string of the molecule is CCOc1ccc(/C=C/C(=O)OCC(=O)c2ccc(OC)c(F)c2)cc1OC. The summed E-state index contributed by atoms with van der Waals surface area (Å²) in [6, 6.07) is 8.97. The van der Waals surface area contributed by atoms with Crippen LogP contribution < -0.4 is 14.2 Å². The topological polar surface area (TPSA) is 71.1 Å². The molecule has 0 aliphatic heterocycles. The van der Waals surface area contributed by atoms with Gasteiger partial charge in [-0.25, -0.2) is 9.18 Å². The Hall–Kier alpha value is -3.35. The highest BCUT2D eigenvalue weighted by atomic mass is 19.1. The molecule has 0 unspecified atom stereocenters. The van der Waals surface area contributed by atoms with Crippen LogP contribution in [0.5, 0.6) is 17.2 Å². The van der Waals surface area contributed by atoms with E-state index in [-0.39, 0.29) is 11.3 Å². The molecule has 0 heterocycles. The van der Waals surface area contributed by atoms with Crippen LogP contribution in [0.1, 0.15) is 22.8 Å². The molecule has 0 aromatic heterocycles. The van der Waals surface area contributed by atoms with Gasteiger partial charge in [-0.05, 0) is 48.9 Å². The molecular weight excluding hydrogens is 367 g/mol. The molecule has 0 atom stereocenters. The van der Waals surface area contributed by atoms with E-state index in [1.54, 1.807) is 18.2 Å². The molecule has 148 valence electrons. The van der Waals surface area contributed by atoms with Crippen molar-refractivity contribution in [3.8, 4) is 17.2 Å². The number of carbonyl (C=O) groups is 2. The smallest absolute Gasteiger partial charge is 0.331 e. The van der Waals surface area contributed by atoms with Crippen molar-refractivity contribution in [3.05, 3.63) is 59.4 Å². The summed E-state index contributed by atoms with van der Waals surface area (Å²) in [6.07, 6.45) is 2.72. The molecule has 0 amide bonds. The Morgan fingerprint density at radius 1 is 1.00 bits per heavy atom. The van der Waals surface area contributed by atoms with Crippen LogP contribution in [-0.2, 0) is 9.53 Å². The Kier molecular flexibility index (Phi) is 7.56. The number of hydrogen-bond donors (Lipinski definition) is 0. The van der Waals surface area contributed by atoms with Crippen LogP contribution in [0.2, 0.25) is 0 Å². The molecule has 0 radical (unpaired) electrons. The van der Waals surface area contributed by atoms with E-state index in [0.29, 0.717) is 23.7 Å². The average Bonchev–Trinajstić information content (AvgIpc) is 2.71. The second kappa shape index (κ2) is 10.1. The highest BCUT2D eigenvalue weighted by molar-refractivity contribution is 5.99. The molecule has 0 saturated carbocycles. The predicted molar refractivity (Wildman–Crippen MR) is 101 cm³/mol. The first-order chi connectivity index (χ1) is 13.5. The summed E-state index contributed by atoms with van der Waals surface area (Å²) < 4.78 is 34.0. The maximum atomic E-state index is 13.6. The lowest BCUT2D eigenvalue weighted by Gasteiger charge is -2.09. The quantitative estimate of drug-likeness (QED) is 0.371. The molecule has 2 rings (SSSR count). The normalized spacial score (nSPS) is 10.6. The predicted octanol–water partition coefficient (Wildman–Crippen LogP) is 3.68. The van der Waals surface area contributed by atoms with Crippen molar-refractivity contribution in [2.75, 3.05) is 27.4 Å². The number of halogens is 1. The zero-order valence-corrected chi connectivity index (χ0v) is 15.9. The van der Waals surface area contributed by atoms with Crippen molar-refractivity contribution in [2.45, 2.75) is 6.92 Å². The van der Waals surface area contributed by atoms with Gasteiger partial charge in [0.2, 0.25) is 0 Å². The van der Waals surface area contributed by atoms with E-state index in [4.69, 9.17) is 18.9 Å². The van der Waals surface area contributed by atoms with Crippen LogP contribution in [0.25, 0.3) is 6.08 Å². The number of methoxy groups -OCH3 is 2. The van der Waals surface area contributed by atoms with Gasteiger partial charge >= 0.3 is 5.97 Å². The summed E-state index contributed by atoms with van der Waals surface area (Å²) in [5, 5.41) is 0. The van der Waals surface area contributed by atoms with Gasteiger partial charge in [-0.15, -0.1) is 0 Å². The summed E-state index contributed by atoms with van der Waals surface area (Å²) in [6.45, 7) is 1.87. The van der Waals surface area contributed by atoms with Crippen molar-refractivity contribution >= 4 is 17.8 Å². The Morgan fingerprint density at radius 3 is 2.36 bits per heavy atom. The van der Waals surface area contributed by atoms with Gasteiger partial charge in [0, 0.05) is 11.6 Å². The fraction of sp³-hybridized carbons (Fsp3) is 0.238. The largest absolute Gasteiger partial charge is 0.494 e. The van der Waals surface area contributed by atoms with Gasteiger partial charge in [0.15, 0.2) is 35.5 Å². The number of rotatable bonds is 9. The van der Waals surface area contributed by atoms with Gasteiger partial charge in [-0.1, -0.05) is 6.07 Å². The summed E-state index contributed by atoms with van der Waals surface area (Å²) in [4.78, 5) is 23.9. The number of hydrogen-bond acceptors (Lipinski definition) is 6. The first-order valence-electron chi connectivity index (χ1n) is 8.50. The first-order valence-corrected chi connectivity index (χ1v) is 8.50. The van der Waals surface area contributed by atoms with Gasteiger partial charge < -0.3 is 18.9 Å². The fourth-order valence-corrected chi connectivity index (χ4v) is 2.33. The van der Waals surface area contributed by atoms with Crippen LogP contribution in [-0.4, -0.2) is 39.2 Å². The Balaban J connectivity index is 1.94. The Bertz CT molecular complexity index is 875. The monoisotopic (exact) mass is 388 g/mol. The van der Waals surface area contributed by atoms with Crippen LogP contribution in [0.15, 0.2) is 42.5 Å². The van der Waals surface area contributed by atoms with Gasteiger partial charge in [-0.2, -0.15) is 0 Å². The number of benzene rings is 2. The molecule has 0 spiro atoms. The summed E-state index contributed by atoms with van der Waals surface area (Å²) in [5.74, 6) is -0.719. The molecule has 7 heteroatoms. The molecule has 2 aromatic rings. The van der Waals surface area contributed by atoms with Gasteiger partial charge in [0.1, 0.15) is 0 Å². The van der Waals surface area contributed by atoms with E-state index in [1.807, 2.05) is 6.92 Å². The van der Waals surface area contributed by atoms with E-state index >= 15 is 0 Å². The lowest BCUT2D eigenvalue weighted by molar-refractivity contribution is -0.136. The Labute approximate surface area is 162 Å². The molecule has 28 heavy (non-hydrogen) atoms. The highest BCUT2D eigenvalue weighted by Gasteiger charge is 2.12. The van der Waals surface area contributed by atoms with Crippen LogP contribution in [0.3, 0.4) is 0 Å². The zero-order valence-electron chi connectivity index (χ0n) is 15.9. The second-order valence-electron chi connectivity index (χ2n) is 5.56. The van der Waals surface area contributed by atoms with Crippen molar-refractivity contribution in [3.63, 3.8) is 0 Å². The van der Waals surface area contributed by atoms with E-state index < -0.39 is 24.2 Å². The van der Waals surface area contributed by atoms with Crippen LogP contribution >= 0.6 is 0 Å². The third-order valence-corrected chi connectivity index (χ3v) is 3.72. The third kappa shape index (κ3) is 5.57. The fourth-order valence-electron chi connectivity index (χ4n) is 2.33. The van der Waals surface area contributed by atoms with Crippen molar-refractivity contribution < 1.29 is 32.9 Å². The standard InChI is InChI=1S/C21H21FO6/c1-4-27-19-8-5-14(11-20(19)26-3)6-10-21(24)28-13-17(23)15-7-9-18(25-2)16(22)12-15/h5-12H,4,13H2,1-3H3/b10-6+. The molecule has 0 bridgehead atoms. The lowest BCUT2D eigenvalue weighted by atomic mass is 10.1. The molecule has 0 aliphatic carbocycles. The Morgan fingerprint density at radius 2 is 1.71 bits per heavy atom. The maximum absolute atomic E-state index is 13.6.